The number of ether oxygens (including phenoxy) is 1. The largest absolute Gasteiger partial charge is 0.456 e. The van der Waals surface area contributed by atoms with Crippen LogP contribution in [0.4, 0.5) is 0 Å². The van der Waals surface area contributed by atoms with Crippen LogP contribution in [0.2, 0.25) is 0 Å². The first-order valence-corrected chi connectivity index (χ1v) is 5.38. The summed E-state index contributed by atoms with van der Waals surface area (Å²) in [5, 5.41) is 19.3. The molecule has 0 aromatic heterocycles. The zero-order valence-corrected chi connectivity index (χ0v) is 8.93. The number of rotatable bonds is 5. The maximum atomic E-state index is 10.9. The first-order valence-electron chi connectivity index (χ1n) is 5.38. The minimum absolute atomic E-state index is 0.451. The van der Waals surface area contributed by atoms with Crippen molar-refractivity contribution in [3.63, 3.8) is 0 Å². The topological polar surface area (TPSA) is 66.8 Å². The SMILES string of the molecule is CCCC[C@H](O)[C@H](O)[C@H]1CC=CC(=O)O1. The second-order valence-electron chi connectivity index (χ2n) is 3.81. The zero-order chi connectivity index (χ0) is 11.3. The van der Waals surface area contributed by atoms with Crippen molar-refractivity contribution in [3.8, 4) is 0 Å². The molecule has 86 valence electrons. The van der Waals surface area contributed by atoms with Gasteiger partial charge in [-0.05, 0) is 6.42 Å². The molecular formula is C11H18O4. The van der Waals surface area contributed by atoms with Gasteiger partial charge in [0, 0.05) is 12.5 Å². The maximum Gasteiger partial charge on any atom is 0.330 e. The molecule has 0 aromatic rings. The molecule has 0 radical (unpaired) electrons. The molecule has 0 spiro atoms. The Hall–Kier alpha value is -0.870. The van der Waals surface area contributed by atoms with Crippen LogP contribution >= 0.6 is 0 Å². The fraction of sp³-hybridized carbons (Fsp3) is 0.727. The van der Waals surface area contributed by atoms with Crippen molar-refractivity contribution in [3.05, 3.63) is 12.2 Å². The highest BCUT2D eigenvalue weighted by Gasteiger charge is 2.29. The van der Waals surface area contributed by atoms with E-state index in [2.05, 4.69) is 0 Å². The summed E-state index contributed by atoms with van der Waals surface area (Å²) in [6.07, 6.45) is 3.43. The molecule has 0 aromatic carbocycles. The molecule has 0 saturated carbocycles. The predicted octanol–water partition coefficient (Wildman–Crippen LogP) is 0.770. The van der Waals surface area contributed by atoms with Crippen molar-refractivity contribution in [2.75, 3.05) is 0 Å². The van der Waals surface area contributed by atoms with Crippen LogP contribution in [0.3, 0.4) is 0 Å². The smallest absolute Gasteiger partial charge is 0.330 e. The van der Waals surface area contributed by atoms with Gasteiger partial charge in [0.25, 0.3) is 0 Å². The Morgan fingerprint density at radius 1 is 1.60 bits per heavy atom. The third-order valence-corrected chi connectivity index (χ3v) is 2.52. The molecule has 0 fully saturated rings. The summed E-state index contributed by atoms with van der Waals surface area (Å²) in [7, 11) is 0. The quantitative estimate of drug-likeness (QED) is 0.663. The first kappa shape index (κ1) is 12.2. The van der Waals surface area contributed by atoms with Crippen molar-refractivity contribution >= 4 is 5.97 Å². The Bertz CT molecular complexity index is 237. The summed E-state index contributed by atoms with van der Waals surface area (Å²) in [6, 6.07) is 0. The number of unbranched alkanes of at least 4 members (excludes halogenated alkanes) is 1. The van der Waals surface area contributed by atoms with E-state index in [4.69, 9.17) is 4.74 Å². The predicted molar refractivity (Wildman–Crippen MR) is 55.2 cm³/mol. The van der Waals surface area contributed by atoms with Crippen LogP contribution in [0.1, 0.15) is 32.6 Å². The molecule has 1 heterocycles. The molecule has 0 unspecified atom stereocenters. The number of carbonyl (C=O) groups is 1. The molecule has 15 heavy (non-hydrogen) atoms. The Morgan fingerprint density at radius 2 is 2.33 bits per heavy atom. The summed E-state index contributed by atoms with van der Waals surface area (Å²) in [5.74, 6) is -0.451. The van der Waals surface area contributed by atoms with Crippen LogP contribution in [0, 0.1) is 0 Å². The molecule has 0 bridgehead atoms. The second kappa shape index (κ2) is 5.88. The Morgan fingerprint density at radius 3 is 2.93 bits per heavy atom. The van der Waals surface area contributed by atoms with Crippen molar-refractivity contribution in [1.29, 1.82) is 0 Å². The van der Waals surface area contributed by atoms with Crippen LogP contribution in [0.15, 0.2) is 12.2 Å². The number of carbonyl (C=O) groups excluding carboxylic acids is 1. The minimum atomic E-state index is -0.981. The van der Waals surface area contributed by atoms with E-state index in [0.717, 1.165) is 12.8 Å². The monoisotopic (exact) mass is 214 g/mol. The number of hydrogen-bond donors (Lipinski definition) is 2. The normalized spacial score (nSPS) is 24.7. The van der Waals surface area contributed by atoms with Gasteiger partial charge in [0.2, 0.25) is 0 Å². The molecule has 0 aliphatic carbocycles. The van der Waals surface area contributed by atoms with Gasteiger partial charge < -0.3 is 14.9 Å². The minimum Gasteiger partial charge on any atom is -0.456 e. The van der Waals surface area contributed by atoms with E-state index in [9.17, 15) is 15.0 Å². The van der Waals surface area contributed by atoms with E-state index < -0.39 is 24.3 Å². The van der Waals surface area contributed by atoms with Crippen LogP contribution in [0.25, 0.3) is 0 Å². The highest BCUT2D eigenvalue weighted by molar-refractivity contribution is 5.82. The molecular weight excluding hydrogens is 196 g/mol. The van der Waals surface area contributed by atoms with E-state index in [1.54, 1.807) is 6.08 Å². The fourth-order valence-electron chi connectivity index (χ4n) is 1.58. The lowest BCUT2D eigenvalue weighted by molar-refractivity contribution is -0.155. The van der Waals surface area contributed by atoms with E-state index in [0.29, 0.717) is 12.8 Å². The fourth-order valence-corrected chi connectivity index (χ4v) is 1.58. The van der Waals surface area contributed by atoms with Gasteiger partial charge in [-0.2, -0.15) is 0 Å². The first-order chi connectivity index (χ1) is 7.15. The van der Waals surface area contributed by atoms with Crippen molar-refractivity contribution in [2.45, 2.75) is 50.9 Å². The summed E-state index contributed by atoms with van der Waals surface area (Å²) < 4.78 is 4.91. The van der Waals surface area contributed by atoms with Gasteiger partial charge in [0.05, 0.1) is 6.10 Å². The number of esters is 1. The average Bonchev–Trinajstić information content (AvgIpc) is 2.24. The number of cyclic esters (lactones) is 1. The summed E-state index contributed by atoms with van der Waals surface area (Å²) in [5.41, 5.74) is 0. The highest BCUT2D eigenvalue weighted by Crippen LogP contribution is 2.16. The van der Waals surface area contributed by atoms with E-state index in [-0.39, 0.29) is 0 Å². The van der Waals surface area contributed by atoms with Gasteiger partial charge in [-0.3, -0.25) is 0 Å². The average molecular weight is 214 g/mol. The molecule has 3 atom stereocenters. The van der Waals surface area contributed by atoms with Crippen molar-refractivity contribution in [2.24, 2.45) is 0 Å². The Kier molecular flexibility index (Phi) is 4.78. The number of aliphatic hydroxyl groups is 2. The van der Waals surface area contributed by atoms with Gasteiger partial charge >= 0.3 is 5.97 Å². The van der Waals surface area contributed by atoms with Crippen LogP contribution in [-0.2, 0) is 9.53 Å². The van der Waals surface area contributed by atoms with E-state index in [1.165, 1.54) is 6.08 Å². The molecule has 0 saturated heterocycles. The van der Waals surface area contributed by atoms with Crippen LogP contribution < -0.4 is 0 Å². The van der Waals surface area contributed by atoms with Crippen molar-refractivity contribution in [1.82, 2.24) is 0 Å². The summed E-state index contributed by atoms with van der Waals surface area (Å²) in [6.45, 7) is 2.02. The van der Waals surface area contributed by atoms with Gasteiger partial charge in [-0.15, -0.1) is 0 Å². The van der Waals surface area contributed by atoms with E-state index in [1.807, 2.05) is 6.92 Å². The van der Waals surface area contributed by atoms with Crippen LogP contribution in [0.5, 0.6) is 0 Å². The van der Waals surface area contributed by atoms with Crippen molar-refractivity contribution < 1.29 is 19.7 Å². The van der Waals surface area contributed by atoms with Gasteiger partial charge in [-0.25, -0.2) is 4.79 Å². The number of aliphatic hydroxyl groups excluding tert-OH is 2. The lowest BCUT2D eigenvalue weighted by Gasteiger charge is -2.27. The van der Waals surface area contributed by atoms with Crippen LogP contribution in [-0.4, -0.2) is 34.5 Å². The standard InChI is InChI=1S/C11H18O4/c1-2-3-5-8(12)11(14)9-6-4-7-10(13)15-9/h4,7-9,11-12,14H,2-3,5-6H2,1H3/t8-,9+,11-/m0/s1. The lowest BCUT2D eigenvalue weighted by atomic mass is 9.99. The zero-order valence-electron chi connectivity index (χ0n) is 8.93. The molecule has 1 aliphatic rings. The maximum absolute atomic E-state index is 10.9. The van der Waals surface area contributed by atoms with Gasteiger partial charge in [0.1, 0.15) is 12.2 Å². The lowest BCUT2D eigenvalue weighted by Crippen LogP contribution is -2.40. The van der Waals surface area contributed by atoms with E-state index >= 15 is 0 Å². The molecule has 1 rings (SSSR count). The molecule has 4 heteroatoms. The molecule has 0 amide bonds. The highest BCUT2D eigenvalue weighted by atomic mass is 16.6. The second-order valence-corrected chi connectivity index (χ2v) is 3.81. The van der Waals surface area contributed by atoms with Gasteiger partial charge in [-0.1, -0.05) is 25.8 Å². The summed E-state index contributed by atoms with van der Waals surface area (Å²) in [4.78, 5) is 10.9. The van der Waals surface area contributed by atoms with Gasteiger partial charge in [0.15, 0.2) is 0 Å². The Balaban J connectivity index is 2.41. The third kappa shape index (κ3) is 3.64. The summed E-state index contributed by atoms with van der Waals surface area (Å²) >= 11 is 0. The number of hydrogen-bond acceptors (Lipinski definition) is 4. The molecule has 1 aliphatic heterocycles. The Labute approximate surface area is 89.6 Å². The molecule has 4 nitrogen and oxygen atoms in total. The molecule has 2 N–H and O–H groups in total. The third-order valence-electron chi connectivity index (χ3n) is 2.52.